The first-order valence-corrected chi connectivity index (χ1v) is 9.34. The predicted molar refractivity (Wildman–Crippen MR) is 101 cm³/mol. The first-order valence-electron chi connectivity index (χ1n) is 9.34. The van der Waals surface area contributed by atoms with Crippen molar-refractivity contribution in [2.75, 3.05) is 0 Å². The van der Waals surface area contributed by atoms with Crippen molar-refractivity contribution in [3.8, 4) is 0 Å². The second-order valence-corrected chi connectivity index (χ2v) is 8.73. The van der Waals surface area contributed by atoms with Crippen LogP contribution in [0.25, 0.3) is 0 Å². The third-order valence-corrected chi connectivity index (χ3v) is 4.98. The fourth-order valence-electron chi connectivity index (χ4n) is 3.82. The summed E-state index contributed by atoms with van der Waals surface area (Å²) in [5, 5.41) is 0. The van der Waals surface area contributed by atoms with E-state index in [-0.39, 0.29) is 13.0 Å². The van der Waals surface area contributed by atoms with Crippen LogP contribution in [-0.2, 0) is 35.2 Å². The van der Waals surface area contributed by atoms with E-state index in [1.807, 2.05) is 30.3 Å². The van der Waals surface area contributed by atoms with Gasteiger partial charge in [0.05, 0.1) is 5.60 Å². The van der Waals surface area contributed by atoms with E-state index < -0.39 is 40.4 Å². The molecular weight excluding hydrogens is 360 g/mol. The Morgan fingerprint density at radius 1 is 1.25 bits per heavy atom. The minimum absolute atomic E-state index is 0.0570. The number of esters is 2. The van der Waals surface area contributed by atoms with Crippen LogP contribution in [0.15, 0.2) is 42.5 Å². The molecule has 0 amide bonds. The number of ketones is 1. The van der Waals surface area contributed by atoms with E-state index in [2.05, 4.69) is 6.58 Å². The lowest BCUT2D eigenvalue weighted by atomic mass is 9.82. The molecule has 2 fully saturated rings. The van der Waals surface area contributed by atoms with E-state index in [4.69, 9.17) is 14.2 Å². The van der Waals surface area contributed by atoms with Gasteiger partial charge in [-0.15, -0.1) is 0 Å². The van der Waals surface area contributed by atoms with Crippen molar-refractivity contribution < 1.29 is 28.6 Å². The van der Waals surface area contributed by atoms with Gasteiger partial charge in [0.2, 0.25) is 5.60 Å². The maximum Gasteiger partial charge on any atom is 0.351 e. The van der Waals surface area contributed by atoms with Crippen molar-refractivity contribution in [3.63, 3.8) is 0 Å². The van der Waals surface area contributed by atoms with Gasteiger partial charge in [-0.1, -0.05) is 36.9 Å². The van der Waals surface area contributed by atoms with Crippen molar-refractivity contribution in [3.05, 3.63) is 48.0 Å². The highest BCUT2D eigenvalue weighted by atomic mass is 16.6. The highest BCUT2D eigenvalue weighted by molar-refractivity contribution is 6.18. The average molecular weight is 386 g/mol. The van der Waals surface area contributed by atoms with Crippen LogP contribution in [-0.4, -0.2) is 34.5 Å². The van der Waals surface area contributed by atoms with Crippen LogP contribution in [0, 0.1) is 5.92 Å². The number of hydrogen-bond donors (Lipinski definition) is 0. The largest absolute Gasteiger partial charge is 0.460 e. The van der Waals surface area contributed by atoms with Gasteiger partial charge in [-0.3, -0.25) is 9.59 Å². The third kappa shape index (κ3) is 3.61. The number of hydrogen-bond acceptors (Lipinski definition) is 6. The molecule has 2 heterocycles. The first kappa shape index (κ1) is 20.3. The van der Waals surface area contributed by atoms with E-state index in [0.29, 0.717) is 12.0 Å². The summed E-state index contributed by atoms with van der Waals surface area (Å²) in [4.78, 5) is 38.9. The summed E-state index contributed by atoms with van der Waals surface area (Å²) >= 11 is 0. The summed E-state index contributed by atoms with van der Waals surface area (Å²) in [6, 6.07) is 9.20. The summed E-state index contributed by atoms with van der Waals surface area (Å²) in [6.07, 6.45) is 0.448. The Morgan fingerprint density at radius 3 is 2.50 bits per heavy atom. The van der Waals surface area contributed by atoms with Crippen LogP contribution < -0.4 is 0 Å². The molecule has 2 aliphatic heterocycles. The van der Waals surface area contributed by atoms with Gasteiger partial charge in [-0.25, -0.2) is 4.79 Å². The van der Waals surface area contributed by atoms with Gasteiger partial charge in [0, 0.05) is 6.42 Å². The molecule has 1 aromatic rings. The van der Waals surface area contributed by atoms with Crippen molar-refractivity contribution >= 4 is 17.7 Å². The summed E-state index contributed by atoms with van der Waals surface area (Å²) in [7, 11) is 0. The SMILES string of the molecule is C=C1C[C@@]2(C)C[C@@H](C(=O)OCc3ccccc3)C(=O)[C@]1(C(=O)OC(C)(C)C)O2. The van der Waals surface area contributed by atoms with Gasteiger partial charge < -0.3 is 14.2 Å². The van der Waals surface area contributed by atoms with Crippen molar-refractivity contribution in [2.45, 2.75) is 63.9 Å². The average Bonchev–Trinajstić information content (AvgIpc) is 2.84. The van der Waals surface area contributed by atoms with Crippen LogP contribution in [0.1, 0.15) is 46.1 Å². The van der Waals surface area contributed by atoms with Crippen LogP contribution in [0.5, 0.6) is 0 Å². The highest BCUT2D eigenvalue weighted by Crippen LogP contribution is 2.51. The van der Waals surface area contributed by atoms with Gasteiger partial charge in [-0.2, -0.15) is 0 Å². The van der Waals surface area contributed by atoms with Crippen LogP contribution >= 0.6 is 0 Å². The normalized spacial score (nSPS) is 29.5. The summed E-state index contributed by atoms with van der Waals surface area (Å²) < 4.78 is 16.7. The second-order valence-electron chi connectivity index (χ2n) is 8.73. The monoisotopic (exact) mass is 386 g/mol. The Balaban J connectivity index is 1.84. The second kappa shape index (κ2) is 6.85. The van der Waals surface area contributed by atoms with Crippen molar-refractivity contribution in [1.82, 2.24) is 0 Å². The lowest BCUT2D eigenvalue weighted by molar-refractivity contribution is -0.201. The Hall–Kier alpha value is -2.47. The molecule has 3 rings (SSSR count). The topological polar surface area (TPSA) is 78.9 Å². The molecule has 0 unspecified atom stereocenters. The molecule has 2 aliphatic rings. The number of carbonyl (C=O) groups excluding carboxylic acids is 3. The number of carbonyl (C=O) groups is 3. The number of rotatable bonds is 4. The van der Waals surface area contributed by atoms with E-state index in [0.717, 1.165) is 5.56 Å². The van der Waals surface area contributed by atoms with Crippen LogP contribution in [0.3, 0.4) is 0 Å². The summed E-state index contributed by atoms with van der Waals surface area (Å²) in [6.45, 7) is 10.9. The number of benzene rings is 1. The van der Waals surface area contributed by atoms with Gasteiger partial charge in [0.25, 0.3) is 0 Å². The Kier molecular flexibility index (Phi) is 4.96. The number of fused-ring (bicyclic) bond motifs is 2. The van der Waals surface area contributed by atoms with Crippen LogP contribution in [0.2, 0.25) is 0 Å². The third-order valence-electron chi connectivity index (χ3n) is 4.98. The van der Waals surface area contributed by atoms with E-state index in [9.17, 15) is 14.4 Å². The van der Waals surface area contributed by atoms with E-state index >= 15 is 0 Å². The molecule has 3 atom stereocenters. The maximum absolute atomic E-state index is 13.3. The fraction of sp³-hybridized carbons (Fsp3) is 0.500. The molecule has 0 aliphatic carbocycles. The quantitative estimate of drug-likeness (QED) is 0.449. The standard InChI is InChI=1S/C22H26O6/c1-14-11-21(5)12-16(18(24)26-13-15-9-7-6-8-10-15)17(23)22(14,28-21)19(25)27-20(2,3)4/h6-10,16H,1,11-13H2,2-5H3/t16-,21+,22-/m1/s1. The minimum atomic E-state index is -1.95. The highest BCUT2D eigenvalue weighted by Gasteiger charge is 2.67. The minimum Gasteiger partial charge on any atom is -0.460 e. The van der Waals surface area contributed by atoms with Gasteiger partial charge in [0.15, 0.2) is 5.78 Å². The molecule has 0 saturated carbocycles. The zero-order chi connectivity index (χ0) is 20.7. The summed E-state index contributed by atoms with van der Waals surface area (Å²) in [5.74, 6) is -3.24. The van der Waals surface area contributed by atoms with Crippen molar-refractivity contribution in [2.24, 2.45) is 5.92 Å². The van der Waals surface area contributed by atoms with E-state index in [1.165, 1.54) is 0 Å². The van der Waals surface area contributed by atoms with Crippen LogP contribution in [0.4, 0.5) is 0 Å². The Morgan fingerprint density at radius 2 is 1.89 bits per heavy atom. The molecule has 6 nitrogen and oxygen atoms in total. The first-order chi connectivity index (χ1) is 13.0. The molecule has 0 radical (unpaired) electrons. The molecule has 2 bridgehead atoms. The lowest BCUT2D eigenvalue weighted by Crippen LogP contribution is -2.59. The van der Waals surface area contributed by atoms with Gasteiger partial charge >= 0.3 is 11.9 Å². The van der Waals surface area contributed by atoms with E-state index in [1.54, 1.807) is 27.7 Å². The molecule has 0 N–H and O–H groups in total. The number of ether oxygens (including phenoxy) is 3. The molecule has 2 saturated heterocycles. The lowest BCUT2D eigenvalue weighted by Gasteiger charge is -2.39. The van der Waals surface area contributed by atoms with Crippen molar-refractivity contribution in [1.29, 1.82) is 0 Å². The molecule has 28 heavy (non-hydrogen) atoms. The van der Waals surface area contributed by atoms with Gasteiger partial charge in [0.1, 0.15) is 18.1 Å². The smallest absolute Gasteiger partial charge is 0.351 e. The molecular formula is C22H26O6. The molecule has 1 aromatic carbocycles. The Bertz CT molecular complexity index is 821. The molecule has 150 valence electrons. The maximum atomic E-state index is 13.3. The predicted octanol–water partition coefficient (Wildman–Crippen LogP) is 3.13. The molecule has 6 heteroatoms. The summed E-state index contributed by atoms with van der Waals surface area (Å²) in [5.41, 5.74) is -2.46. The zero-order valence-corrected chi connectivity index (χ0v) is 16.7. The fourth-order valence-corrected chi connectivity index (χ4v) is 3.82. The Labute approximate surface area is 164 Å². The number of Topliss-reactive ketones (excluding diaryl/α,β-unsaturated/α-hetero) is 1. The molecule has 0 aromatic heterocycles. The zero-order valence-electron chi connectivity index (χ0n) is 16.7. The molecule has 0 spiro atoms. The van der Waals surface area contributed by atoms with Gasteiger partial charge in [-0.05, 0) is 45.3 Å².